The van der Waals surface area contributed by atoms with Gasteiger partial charge in [-0.3, -0.25) is 9.69 Å². The molecule has 0 saturated carbocycles. The number of carbonyl (C=O) groups is 1. The summed E-state index contributed by atoms with van der Waals surface area (Å²) in [5.41, 5.74) is 5.27. The molecule has 0 spiro atoms. The highest BCUT2D eigenvalue weighted by Crippen LogP contribution is 2.25. The van der Waals surface area contributed by atoms with E-state index in [1.165, 1.54) is 15.6 Å². The zero-order valence-electron chi connectivity index (χ0n) is 11.6. The Balaban J connectivity index is 2.05. The number of primary amides is 1. The third kappa shape index (κ3) is 3.03. The summed E-state index contributed by atoms with van der Waals surface area (Å²) in [4.78, 5) is 14.0. The van der Waals surface area contributed by atoms with Crippen LogP contribution in [0.5, 0.6) is 0 Å². The van der Waals surface area contributed by atoms with Crippen LogP contribution in [0.2, 0.25) is 0 Å². The minimum Gasteiger partial charge on any atom is -0.368 e. The second-order valence-electron chi connectivity index (χ2n) is 4.88. The molecule has 1 aromatic heterocycles. The van der Waals surface area contributed by atoms with Crippen molar-refractivity contribution < 1.29 is 13.2 Å². The van der Waals surface area contributed by atoms with Crippen molar-refractivity contribution in [3.05, 3.63) is 17.0 Å². The van der Waals surface area contributed by atoms with Crippen molar-refractivity contribution >= 4 is 27.3 Å². The Labute approximate surface area is 123 Å². The fourth-order valence-electron chi connectivity index (χ4n) is 2.19. The van der Waals surface area contributed by atoms with Crippen molar-refractivity contribution in [2.75, 3.05) is 26.2 Å². The quantitative estimate of drug-likeness (QED) is 0.862. The van der Waals surface area contributed by atoms with Crippen LogP contribution in [0.15, 0.2) is 16.3 Å². The van der Waals surface area contributed by atoms with E-state index < -0.39 is 10.0 Å². The molecule has 2 N–H and O–H groups in total. The van der Waals surface area contributed by atoms with E-state index in [1.807, 2.05) is 17.9 Å². The zero-order chi connectivity index (χ0) is 14.9. The number of nitrogens with zero attached hydrogens (tertiary/aromatic N) is 2. The van der Waals surface area contributed by atoms with Crippen LogP contribution < -0.4 is 5.73 Å². The van der Waals surface area contributed by atoms with Crippen LogP contribution in [0, 0.1) is 6.92 Å². The number of hydrogen-bond acceptors (Lipinski definition) is 5. The summed E-state index contributed by atoms with van der Waals surface area (Å²) >= 11 is 1.28. The first-order chi connectivity index (χ1) is 9.32. The van der Waals surface area contributed by atoms with Gasteiger partial charge < -0.3 is 5.73 Å². The van der Waals surface area contributed by atoms with Gasteiger partial charge in [0, 0.05) is 31.1 Å². The first kappa shape index (κ1) is 15.4. The SMILES string of the molecule is Cc1ccc(S(=O)(=O)N2CCN(C(C)C(N)=O)CC2)s1. The van der Waals surface area contributed by atoms with Gasteiger partial charge >= 0.3 is 0 Å². The molecule has 2 rings (SSSR count). The van der Waals surface area contributed by atoms with Gasteiger partial charge in [-0.25, -0.2) is 8.42 Å². The first-order valence-corrected chi connectivity index (χ1v) is 8.68. The highest BCUT2D eigenvalue weighted by atomic mass is 32.2. The number of sulfonamides is 1. The molecule has 0 aliphatic carbocycles. The van der Waals surface area contributed by atoms with Gasteiger partial charge in [-0.05, 0) is 26.0 Å². The molecule has 1 aromatic rings. The zero-order valence-corrected chi connectivity index (χ0v) is 13.2. The van der Waals surface area contributed by atoms with Crippen LogP contribution >= 0.6 is 11.3 Å². The molecule has 0 radical (unpaired) electrons. The van der Waals surface area contributed by atoms with Crippen molar-refractivity contribution in [3.63, 3.8) is 0 Å². The summed E-state index contributed by atoms with van der Waals surface area (Å²) in [6.45, 7) is 5.44. The van der Waals surface area contributed by atoms with Gasteiger partial charge in [-0.15, -0.1) is 11.3 Å². The molecule has 20 heavy (non-hydrogen) atoms. The van der Waals surface area contributed by atoms with E-state index in [1.54, 1.807) is 13.0 Å². The Hall–Kier alpha value is -0.960. The minimum atomic E-state index is -3.40. The molecule has 1 amide bonds. The van der Waals surface area contributed by atoms with Crippen molar-refractivity contribution in [2.24, 2.45) is 5.73 Å². The van der Waals surface area contributed by atoms with Gasteiger partial charge in [-0.2, -0.15) is 4.31 Å². The fraction of sp³-hybridized carbons (Fsp3) is 0.583. The van der Waals surface area contributed by atoms with Crippen molar-refractivity contribution in [3.8, 4) is 0 Å². The van der Waals surface area contributed by atoms with Gasteiger partial charge in [0.25, 0.3) is 10.0 Å². The van der Waals surface area contributed by atoms with Crippen LogP contribution in [0.4, 0.5) is 0 Å². The van der Waals surface area contributed by atoms with Gasteiger partial charge in [0.1, 0.15) is 4.21 Å². The fourth-order valence-corrected chi connectivity index (χ4v) is 5.05. The minimum absolute atomic E-state index is 0.358. The summed E-state index contributed by atoms with van der Waals surface area (Å²) in [6.07, 6.45) is 0. The normalized spacial score (nSPS) is 19.9. The Morgan fingerprint density at radius 2 is 1.90 bits per heavy atom. The lowest BCUT2D eigenvalue weighted by Crippen LogP contribution is -2.54. The summed E-state index contributed by atoms with van der Waals surface area (Å²) < 4.78 is 26.7. The molecular formula is C12H19N3O3S2. The largest absolute Gasteiger partial charge is 0.368 e. The highest BCUT2D eigenvalue weighted by molar-refractivity contribution is 7.91. The van der Waals surface area contributed by atoms with Gasteiger partial charge in [0.05, 0.1) is 6.04 Å². The number of hydrogen-bond donors (Lipinski definition) is 1. The molecule has 1 saturated heterocycles. The van der Waals surface area contributed by atoms with Crippen molar-refractivity contribution in [1.29, 1.82) is 0 Å². The molecular weight excluding hydrogens is 298 g/mol. The first-order valence-electron chi connectivity index (χ1n) is 6.42. The average Bonchev–Trinajstić information content (AvgIpc) is 2.85. The molecule has 1 unspecified atom stereocenters. The molecule has 112 valence electrons. The maximum absolute atomic E-state index is 12.4. The standard InChI is InChI=1S/C12H19N3O3S2/c1-9-3-4-11(19-9)20(17,18)15-7-5-14(6-8-15)10(2)12(13)16/h3-4,10H,5-8H2,1-2H3,(H2,13,16). The lowest BCUT2D eigenvalue weighted by Gasteiger charge is -2.35. The average molecular weight is 317 g/mol. The van der Waals surface area contributed by atoms with Crippen LogP contribution in [-0.4, -0.2) is 55.8 Å². The number of carbonyl (C=O) groups excluding carboxylic acids is 1. The Morgan fingerprint density at radius 1 is 1.30 bits per heavy atom. The number of nitrogens with two attached hydrogens (primary N) is 1. The summed E-state index contributed by atoms with van der Waals surface area (Å²) in [7, 11) is -3.40. The molecule has 1 atom stereocenters. The third-order valence-corrected chi connectivity index (χ3v) is 6.91. The maximum atomic E-state index is 12.4. The van der Waals surface area contributed by atoms with Crippen molar-refractivity contribution in [1.82, 2.24) is 9.21 Å². The van der Waals surface area contributed by atoms with Gasteiger partial charge in [0.15, 0.2) is 0 Å². The second-order valence-corrected chi connectivity index (χ2v) is 8.34. The Kier molecular flexibility index (Phi) is 4.48. The monoisotopic (exact) mass is 317 g/mol. The van der Waals surface area contributed by atoms with E-state index >= 15 is 0 Å². The summed E-state index contributed by atoms with van der Waals surface area (Å²) in [5, 5.41) is 0. The van der Waals surface area contributed by atoms with Gasteiger partial charge in [0.2, 0.25) is 5.91 Å². The highest BCUT2D eigenvalue weighted by Gasteiger charge is 2.31. The number of thiophene rings is 1. The molecule has 1 aliphatic rings. The number of aryl methyl sites for hydroxylation is 1. The molecule has 1 aliphatic heterocycles. The van der Waals surface area contributed by atoms with Crippen LogP contribution in [0.3, 0.4) is 0 Å². The van der Waals surface area contributed by atoms with E-state index in [9.17, 15) is 13.2 Å². The Bertz CT molecular complexity index is 589. The van der Waals surface area contributed by atoms with E-state index in [-0.39, 0.29) is 11.9 Å². The molecule has 8 heteroatoms. The van der Waals surface area contributed by atoms with Crippen LogP contribution in [0.25, 0.3) is 0 Å². The predicted octanol–water partition coefficient (Wildman–Crippen LogP) is 0.237. The second kappa shape index (κ2) is 5.80. The molecule has 0 bridgehead atoms. The van der Waals surface area contributed by atoms with E-state index in [2.05, 4.69) is 0 Å². The number of rotatable bonds is 4. The predicted molar refractivity (Wildman–Crippen MR) is 78.0 cm³/mol. The summed E-state index contributed by atoms with van der Waals surface area (Å²) in [5.74, 6) is -0.379. The lowest BCUT2D eigenvalue weighted by molar-refractivity contribution is -0.123. The molecule has 6 nitrogen and oxygen atoms in total. The van der Waals surface area contributed by atoms with Crippen molar-refractivity contribution in [2.45, 2.75) is 24.1 Å². The van der Waals surface area contributed by atoms with E-state index in [4.69, 9.17) is 5.73 Å². The topological polar surface area (TPSA) is 83.7 Å². The number of piperazine rings is 1. The van der Waals surface area contributed by atoms with E-state index in [0.29, 0.717) is 30.4 Å². The molecule has 2 heterocycles. The lowest BCUT2D eigenvalue weighted by atomic mass is 10.2. The molecule has 0 aromatic carbocycles. The maximum Gasteiger partial charge on any atom is 0.252 e. The van der Waals surface area contributed by atoms with Crippen LogP contribution in [-0.2, 0) is 14.8 Å². The Morgan fingerprint density at radius 3 is 2.35 bits per heavy atom. The third-order valence-electron chi connectivity index (χ3n) is 3.54. The summed E-state index contributed by atoms with van der Waals surface area (Å²) in [6, 6.07) is 3.10. The van der Waals surface area contributed by atoms with Crippen LogP contribution in [0.1, 0.15) is 11.8 Å². The molecule has 1 fully saturated rings. The van der Waals surface area contributed by atoms with E-state index in [0.717, 1.165) is 4.88 Å². The number of amides is 1. The van der Waals surface area contributed by atoms with Gasteiger partial charge in [-0.1, -0.05) is 0 Å². The smallest absolute Gasteiger partial charge is 0.252 e.